The monoisotopic (exact) mass is 482 g/mol. The number of carbonyl (C=O) groups excluding carboxylic acids is 1. The smallest absolute Gasteiger partial charge is 0.314 e. The first kappa shape index (κ1) is 28.0. The molecule has 35 heavy (non-hydrogen) atoms. The summed E-state index contributed by atoms with van der Waals surface area (Å²) in [7, 11) is 3.12. The Morgan fingerprint density at radius 1 is 1.17 bits per heavy atom. The Labute approximate surface area is 215 Å². The predicted molar refractivity (Wildman–Crippen MR) is 146 cm³/mol. The van der Waals surface area contributed by atoms with Gasteiger partial charge in [-0.3, -0.25) is 4.79 Å². The molecule has 3 heteroatoms. The van der Waals surface area contributed by atoms with E-state index in [9.17, 15) is 4.79 Å². The molecule has 7 unspecified atom stereocenters. The second-order valence-electron chi connectivity index (χ2n) is 12.6. The second kappa shape index (κ2) is 11.2. The minimum absolute atomic E-state index is 0.241. The summed E-state index contributed by atoms with van der Waals surface area (Å²) in [5.74, 6) is 2.86. The van der Waals surface area contributed by atoms with Gasteiger partial charge >= 0.3 is 5.97 Å². The van der Waals surface area contributed by atoms with Gasteiger partial charge in [-0.15, -0.1) is 0 Å². The van der Waals surface area contributed by atoms with Gasteiger partial charge in [0.1, 0.15) is 0 Å². The van der Waals surface area contributed by atoms with E-state index in [1.165, 1.54) is 63.2 Å². The van der Waals surface area contributed by atoms with Gasteiger partial charge in [-0.2, -0.15) is 0 Å². The molecule has 0 aromatic carbocycles. The molecule has 0 aliphatic heterocycles. The van der Waals surface area contributed by atoms with Crippen LogP contribution in [-0.2, 0) is 14.3 Å². The Hall–Kier alpha value is -1.61. The second-order valence-corrected chi connectivity index (χ2v) is 12.6. The average Bonchev–Trinajstić information content (AvgIpc) is 3.17. The van der Waals surface area contributed by atoms with E-state index in [-0.39, 0.29) is 12.1 Å². The summed E-state index contributed by atoms with van der Waals surface area (Å²) in [6.45, 7) is 17.8. The number of methoxy groups -OCH3 is 2. The van der Waals surface area contributed by atoms with Crippen molar-refractivity contribution in [3.05, 3.63) is 47.6 Å². The van der Waals surface area contributed by atoms with Gasteiger partial charge in [-0.1, -0.05) is 64.2 Å². The van der Waals surface area contributed by atoms with Gasteiger partial charge in [0, 0.05) is 7.11 Å². The molecule has 0 N–H and O–H groups in total. The zero-order chi connectivity index (χ0) is 26.0. The molecule has 3 aliphatic rings. The van der Waals surface area contributed by atoms with Crippen LogP contribution in [0.25, 0.3) is 0 Å². The van der Waals surface area contributed by atoms with Gasteiger partial charge in [0.25, 0.3) is 0 Å². The summed E-state index contributed by atoms with van der Waals surface area (Å²) in [4.78, 5) is 12.3. The van der Waals surface area contributed by atoms with Crippen molar-refractivity contribution in [2.75, 3.05) is 14.2 Å². The zero-order valence-electron chi connectivity index (χ0n) is 23.7. The third-order valence-electron chi connectivity index (χ3n) is 9.77. The van der Waals surface area contributed by atoms with E-state index < -0.39 is 5.41 Å². The van der Waals surface area contributed by atoms with Crippen molar-refractivity contribution in [3.63, 3.8) is 0 Å². The highest BCUT2D eigenvalue weighted by atomic mass is 16.5. The van der Waals surface area contributed by atoms with Crippen LogP contribution in [0.4, 0.5) is 0 Å². The molecule has 0 bridgehead atoms. The van der Waals surface area contributed by atoms with Crippen LogP contribution in [0.2, 0.25) is 0 Å². The van der Waals surface area contributed by atoms with Crippen LogP contribution in [0.3, 0.4) is 0 Å². The molecule has 3 nitrogen and oxygen atoms in total. The Balaban J connectivity index is 1.77. The Kier molecular flexibility index (Phi) is 8.95. The number of hydrogen-bond donors (Lipinski definition) is 0. The fourth-order valence-electron chi connectivity index (χ4n) is 7.58. The maximum Gasteiger partial charge on any atom is 0.314 e. The van der Waals surface area contributed by atoms with Crippen LogP contribution >= 0.6 is 0 Å². The van der Waals surface area contributed by atoms with E-state index in [0.717, 1.165) is 5.92 Å². The van der Waals surface area contributed by atoms with Gasteiger partial charge < -0.3 is 9.47 Å². The van der Waals surface area contributed by atoms with Crippen molar-refractivity contribution >= 4 is 5.97 Å². The van der Waals surface area contributed by atoms with Gasteiger partial charge in [0.15, 0.2) is 0 Å². The molecule has 0 spiro atoms. The van der Waals surface area contributed by atoms with Gasteiger partial charge in [0.2, 0.25) is 0 Å². The molecule has 0 radical (unpaired) electrons. The standard InChI is InChI=1S/C32H50O3/c1-21-19-23(3)24(4)26(20-21)14-13-25-11-10-18-32(7)27(15-16-28(25)32)22(2)12-17-29(34-8)31(5,6)30(33)35-9/h12-14,17,21-23,27-29H,4,10-11,15-16,18-20H2,1-3,5-9H3/b17-12+,25-13+,26-14+. The van der Waals surface area contributed by atoms with Crippen LogP contribution in [0.5, 0.6) is 0 Å². The molecule has 0 amide bonds. The lowest BCUT2D eigenvalue weighted by Gasteiger charge is -2.44. The molecule has 3 aliphatic carbocycles. The van der Waals surface area contributed by atoms with Crippen molar-refractivity contribution in [1.82, 2.24) is 0 Å². The third kappa shape index (κ3) is 5.71. The number of esters is 1. The molecule has 0 aromatic heterocycles. The molecule has 3 fully saturated rings. The van der Waals surface area contributed by atoms with Crippen molar-refractivity contribution in [2.24, 2.45) is 40.4 Å². The molecule has 7 atom stereocenters. The highest BCUT2D eigenvalue weighted by molar-refractivity contribution is 5.76. The normalized spacial score (nSPS) is 35.9. The number of fused-ring (bicyclic) bond motifs is 1. The highest BCUT2D eigenvalue weighted by Crippen LogP contribution is 2.59. The quantitative estimate of drug-likeness (QED) is 0.272. The van der Waals surface area contributed by atoms with E-state index in [2.05, 4.69) is 58.6 Å². The first-order valence-corrected chi connectivity index (χ1v) is 13.8. The summed E-state index contributed by atoms with van der Waals surface area (Å²) in [6, 6.07) is 0. The lowest BCUT2D eigenvalue weighted by molar-refractivity contribution is -0.156. The maximum absolute atomic E-state index is 12.3. The van der Waals surface area contributed by atoms with E-state index in [1.54, 1.807) is 12.7 Å². The van der Waals surface area contributed by atoms with Crippen LogP contribution in [-0.4, -0.2) is 26.3 Å². The lowest BCUT2D eigenvalue weighted by atomic mass is 9.61. The fourth-order valence-corrected chi connectivity index (χ4v) is 7.58. The summed E-state index contributed by atoms with van der Waals surface area (Å²) in [6.07, 6.45) is 17.8. The van der Waals surface area contributed by atoms with Crippen LogP contribution in [0, 0.1) is 40.4 Å². The molecule has 0 saturated heterocycles. The molecular formula is C32H50O3. The summed E-state index contributed by atoms with van der Waals surface area (Å²) < 4.78 is 10.7. The van der Waals surface area contributed by atoms with Gasteiger partial charge in [-0.05, 0) is 105 Å². The average molecular weight is 483 g/mol. The number of ether oxygens (including phenoxy) is 2. The topological polar surface area (TPSA) is 35.5 Å². The van der Waals surface area contributed by atoms with E-state index >= 15 is 0 Å². The molecule has 3 saturated carbocycles. The Bertz CT molecular complexity index is 875. The largest absolute Gasteiger partial charge is 0.469 e. The maximum atomic E-state index is 12.3. The number of rotatable bonds is 7. The molecular weight excluding hydrogens is 432 g/mol. The van der Waals surface area contributed by atoms with Crippen LogP contribution < -0.4 is 0 Å². The Morgan fingerprint density at radius 2 is 1.89 bits per heavy atom. The zero-order valence-corrected chi connectivity index (χ0v) is 23.7. The fraction of sp³-hybridized carbons (Fsp3) is 0.719. The Morgan fingerprint density at radius 3 is 2.54 bits per heavy atom. The summed E-state index contributed by atoms with van der Waals surface area (Å²) in [5, 5.41) is 0. The third-order valence-corrected chi connectivity index (χ3v) is 9.77. The number of hydrogen-bond acceptors (Lipinski definition) is 3. The minimum Gasteiger partial charge on any atom is -0.469 e. The van der Waals surface area contributed by atoms with E-state index in [0.29, 0.717) is 29.1 Å². The summed E-state index contributed by atoms with van der Waals surface area (Å²) >= 11 is 0. The number of allylic oxidation sites excluding steroid dienone is 6. The van der Waals surface area contributed by atoms with Crippen molar-refractivity contribution < 1.29 is 14.3 Å². The van der Waals surface area contributed by atoms with Crippen molar-refractivity contribution in [1.29, 1.82) is 0 Å². The molecule has 3 rings (SSSR count). The van der Waals surface area contributed by atoms with Crippen LogP contribution in [0.15, 0.2) is 47.6 Å². The van der Waals surface area contributed by atoms with Crippen LogP contribution in [0.1, 0.15) is 86.5 Å². The predicted octanol–water partition coefficient (Wildman–Crippen LogP) is 8.08. The minimum atomic E-state index is -0.714. The van der Waals surface area contributed by atoms with Crippen molar-refractivity contribution in [2.45, 2.75) is 92.6 Å². The lowest BCUT2D eigenvalue weighted by Crippen LogP contribution is -2.38. The van der Waals surface area contributed by atoms with Gasteiger partial charge in [-0.25, -0.2) is 0 Å². The summed E-state index contributed by atoms with van der Waals surface area (Å²) in [5.41, 5.74) is 4.10. The molecule has 196 valence electrons. The van der Waals surface area contributed by atoms with Crippen molar-refractivity contribution in [3.8, 4) is 0 Å². The highest BCUT2D eigenvalue weighted by Gasteiger charge is 2.50. The van der Waals surface area contributed by atoms with Gasteiger partial charge in [0.05, 0.1) is 18.6 Å². The number of carbonyl (C=O) groups is 1. The van der Waals surface area contributed by atoms with E-state index in [1.807, 2.05) is 13.8 Å². The van der Waals surface area contributed by atoms with E-state index in [4.69, 9.17) is 9.47 Å². The SMILES string of the molecule is C=C1/C(=C/C=C2\CCCC3(C)C2CCC3C(C)/C=C/C(OC)C(C)(C)C(=O)OC)CC(C)CC1C. The molecule has 0 aromatic rings. The first-order valence-electron chi connectivity index (χ1n) is 13.8. The molecule has 0 heterocycles. The first-order chi connectivity index (χ1) is 16.4.